The van der Waals surface area contributed by atoms with Crippen molar-refractivity contribution in [2.45, 2.75) is 31.7 Å². The number of nitrogens with two attached hydrogens (primary N) is 1. The van der Waals surface area contributed by atoms with Crippen LogP contribution in [0.2, 0.25) is 0 Å². The maximum absolute atomic E-state index is 11.8. The average molecular weight is 243 g/mol. The molecule has 1 aliphatic carbocycles. The summed E-state index contributed by atoms with van der Waals surface area (Å²) in [7, 11) is 0. The van der Waals surface area contributed by atoms with E-state index in [9.17, 15) is 9.59 Å². The summed E-state index contributed by atoms with van der Waals surface area (Å²) in [5, 5.41) is 13.6. The average Bonchev–Trinajstić information content (AvgIpc) is 2.34. The maximum atomic E-state index is 11.8. The van der Waals surface area contributed by atoms with Gasteiger partial charge in [0.25, 0.3) is 0 Å². The fourth-order valence-corrected chi connectivity index (χ4v) is 2.04. The topological polar surface area (TPSA) is 104 Å². The number of hydrogen-bond donors (Lipinski definition) is 4. The van der Waals surface area contributed by atoms with E-state index in [1.165, 1.54) is 0 Å². The second-order valence-electron chi connectivity index (χ2n) is 4.35. The van der Waals surface area contributed by atoms with E-state index in [-0.39, 0.29) is 43.5 Å². The zero-order valence-electron chi connectivity index (χ0n) is 9.95. The van der Waals surface area contributed by atoms with Crippen molar-refractivity contribution in [2.24, 2.45) is 11.7 Å². The van der Waals surface area contributed by atoms with Crippen LogP contribution in [0.4, 0.5) is 0 Å². The second-order valence-corrected chi connectivity index (χ2v) is 4.35. The van der Waals surface area contributed by atoms with Gasteiger partial charge in [0.1, 0.15) is 0 Å². The Bertz CT molecular complexity index is 271. The molecule has 5 N–H and O–H groups in total. The number of hydrogen-bond acceptors (Lipinski definition) is 4. The molecule has 1 rings (SSSR count). The Morgan fingerprint density at radius 2 is 1.94 bits per heavy atom. The van der Waals surface area contributed by atoms with Gasteiger partial charge >= 0.3 is 0 Å². The third-order valence-corrected chi connectivity index (χ3v) is 3.01. The summed E-state index contributed by atoms with van der Waals surface area (Å²) in [6.45, 7) is 0.0485. The predicted octanol–water partition coefficient (Wildman–Crippen LogP) is -1.27. The number of nitrogens with one attached hydrogen (secondary N) is 2. The molecule has 0 aromatic heterocycles. The lowest BCUT2D eigenvalue weighted by atomic mass is 9.84. The molecule has 1 fully saturated rings. The van der Waals surface area contributed by atoms with Gasteiger partial charge in [-0.05, 0) is 12.8 Å². The summed E-state index contributed by atoms with van der Waals surface area (Å²) < 4.78 is 0. The Labute approximate surface area is 101 Å². The number of aliphatic hydroxyl groups is 1. The summed E-state index contributed by atoms with van der Waals surface area (Å²) in [6, 6.07) is -0.0933. The molecule has 0 aromatic carbocycles. The molecule has 2 atom stereocenters. The summed E-state index contributed by atoms with van der Waals surface area (Å²) in [5.41, 5.74) is 5.87. The molecule has 2 amide bonds. The SMILES string of the molecule is N[C@H]1CCCC[C@H]1C(=O)NCC(=O)NCCO. The van der Waals surface area contributed by atoms with E-state index >= 15 is 0 Å². The Morgan fingerprint density at radius 1 is 1.24 bits per heavy atom. The van der Waals surface area contributed by atoms with Crippen LogP contribution in [0.5, 0.6) is 0 Å². The summed E-state index contributed by atoms with van der Waals surface area (Å²) in [4.78, 5) is 23.0. The van der Waals surface area contributed by atoms with Crippen LogP contribution in [0.15, 0.2) is 0 Å². The lowest BCUT2D eigenvalue weighted by Gasteiger charge is -2.27. The molecule has 6 heteroatoms. The Balaban J connectivity index is 2.26. The van der Waals surface area contributed by atoms with Crippen LogP contribution in [0, 0.1) is 5.92 Å². The van der Waals surface area contributed by atoms with E-state index in [2.05, 4.69) is 10.6 Å². The van der Waals surface area contributed by atoms with Gasteiger partial charge in [-0.3, -0.25) is 9.59 Å². The number of amides is 2. The summed E-state index contributed by atoms with van der Waals surface area (Å²) in [6.07, 6.45) is 3.75. The molecule has 0 saturated heterocycles. The predicted molar refractivity (Wildman–Crippen MR) is 63.0 cm³/mol. The first-order valence-corrected chi connectivity index (χ1v) is 6.06. The first kappa shape index (κ1) is 13.9. The van der Waals surface area contributed by atoms with E-state index in [1.54, 1.807) is 0 Å². The fraction of sp³-hybridized carbons (Fsp3) is 0.818. The van der Waals surface area contributed by atoms with Crippen molar-refractivity contribution in [2.75, 3.05) is 19.7 Å². The van der Waals surface area contributed by atoms with Crippen LogP contribution in [0.1, 0.15) is 25.7 Å². The Morgan fingerprint density at radius 3 is 2.59 bits per heavy atom. The van der Waals surface area contributed by atoms with E-state index in [0.29, 0.717) is 0 Å². The lowest BCUT2D eigenvalue weighted by molar-refractivity contribution is -0.129. The van der Waals surface area contributed by atoms with Crippen LogP contribution >= 0.6 is 0 Å². The van der Waals surface area contributed by atoms with Crippen LogP contribution in [-0.4, -0.2) is 42.7 Å². The van der Waals surface area contributed by atoms with Crippen LogP contribution in [0.3, 0.4) is 0 Å². The quantitative estimate of drug-likeness (QED) is 0.483. The molecule has 0 spiro atoms. The zero-order chi connectivity index (χ0) is 12.7. The molecule has 0 unspecified atom stereocenters. The largest absolute Gasteiger partial charge is 0.395 e. The monoisotopic (exact) mass is 243 g/mol. The van der Waals surface area contributed by atoms with Crippen molar-refractivity contribution < 1.29 is 14.7 Å². The summed E-state index contributed by atoms with van der Waals surface area (Å²) in [5.74, 6) is -0.609. The van der Waals surface area contributed by atoms with Crippen molar-refractivity contribution in [3.8, 4) is 0 Å². The highest BCUT2D eigenvalue weighted by atomic mass is 16.3. The number of aliphatic hydroxyl groups excluding tert-OH is 1. The highest BCUT2D eigenvalue weighted by molar-refractivity contribution is 5.86. The Kier molecular flexibility index (Phi) is 5.93. The third kappa shape index (κ3) is 4.70. The lowest BCUT2D eigenvalue weighted by Crippen LogP contribution is -2.46. The van der Waals surface area contributed by atoms with Gasteiger partial charge in [-0.2, -0.15) is 0 Å². The number of carbonyl (C=O) groups is 2. The highest BCUT2D eigenvalue weighted by Gasteiger charge is 2.28. The van der Waals surface area contributed by atoms with E-state index in [4.69, 9.17) is 10.8 Å². The molecule has 1 aliphatic rings. The zero-order valence-corrected chi connectivity index (χ0v) is 9.95. The van der Waals surface area contributed by atoms with E-state index in [1.807, 2.05) is 0 Å². The van der Waals surface area contributed by atoms with Crippen molar-refractivity contribution in [3.05, 3.63) is 0 Å². The fourth-order valence-electron chi connectivity index (χ4n) is 2.04. The molecule has 0 bridgehead atoms. The number of rotatable bonds is 5. The van der Waals surface area contributed by atoms with Crippen molar-refractivity contribution in [1.82, 2.24) is 10.6 Å². The third-order valence-electron chi connectivity index (χ3n) is 3.01. The molecule has 0 aromatic rings. The van der Waals surface area contributed by atoms with Crippen molar-refractivity contribution in [1.29, 1.82) is 0 Å². The van der Waals surface area contributed by atoms with E-state index in [0.717, 1.165) is 25.7 Å². The molecule has 6 nitrogen and oxygen atoms in total. The van der Waals surface area contributed by atoms with Crippen LogP contribution in [-0.2, 0) is 9.59 Å². The first-order chi connectivity index (χ1) is 8.15. The van der Waals surface area contributed by atoms with Gasteiger partial charge in [0, 0.05) is 12.6 Å². The molecule has 1 saturated carbocycles. The van der Waals surface area contributed by atoms with Crippen molar-refractivity contribution in [3.63, 3.8) is 0 Å². The normalized spacial score (nSPS) is 24.1. The minimum absolute atomic E-state index is 0.0535. The van der Waals surface area contributed by atoms with Crippen LogP contribution in [0.25, 0.3) is 0 Å². The van der Waals surface area contributed by atoms with Crippen LogP contribution < -0.4 is 16.4 Å². The van der Waals surface area contributed by atoms with Gasteiger partial charge in [0.05, 0.1) is 19.1 Å². The smallest absolute Gasteiger partial charge is 0.239 e. The second kappa shape index (κ2) is 7.24. The molecule has 17 heavy (non-hydrogen) atoms. The van der Waals surface area contributed by atoms with Gasteiger partial charge in [-0.15, -0.1) is 0 Å². The van der Waals surface area contributed by atoms with Gasteiger partial charge in [-0.1, -0.05) is 12.8 Å². The van der Waals surface area contributed by atoms with E-state index < -0.39 is 0 Å². The molecular weight excluding hydrogens is 222 g/mol. The standard InChI is InChI=1S/C11H21N3O3/c12-9-4-2-1-3-8(9)11(17)14-7-10(16)13-5-6-15/h8-9,15H,1-7,12H2,(H,13,16)(H,14,17)/t8-,9+/m1/s1. The molecule has 0 heterocycles. The maximum Gasteiger partial charge on any atom is 0.239 e. The molecule has 98 valence electrons. The molecule has 0 aliphatic heterocycles. The van der Waals surface area contributed by atoms with Gasteiger partial charge in [0.15, 0.2) is 0 Å². The first-order valence-electron chi connectivity index (χ1n) is 6.06. The van der Waals surface area contributed by atoms with Gasteiger partial charge in [0.2, 0.25) is 11.8 Å². The minimum atomic E-state index is -0.295. The minimum Gasteiger partial charge on any atom is -0.395 e. The van der Waals surface area contributed by atoms with Crippen molar-refractivity contribution >= 4 is 11.8 Å². The number of carbonyl (C=O) groups excluding carboxylic acids is 2. The van der Waals surface area contributed by atoms with Gasteiger partial charge < -0.3 is 21.5 Å². The highest BCUT2D eigenvalue weighted by Crippen LogP contribution is 2.22. The Hall–Kier alpha value is -1.14. The summed E-state index contributed by atoms with van der Waals surface area (Å²) >= 11 is 0. The molecule has 0 radical (unpaired) electrons. The molecular formula is C11H21N3O3. The van der Waals surface area contributed by atoms with Gasteiger partial charge in [-0.25, -0.2) is 0 Å².